The second kappa shape index (κ2) is 6.51. The minimum absolute atomic E-state index is 0.137. The first-order valence-corrected chi connectivity index (χ1v) is 6.74. The smallest absolute Gasteiger partial charge is 0.252 e. The first-order valence-electron chi connectivity index (χ1n) is 4.45. The van der Waals surface area contributed by atoms with Crippen LogP contribution in [-0.2, 0) is 0 Å². The molecule has 0 aliphatic carbocycles. The highest BCUT2D eigenvalue weighted by molar-refractivity contribution is 9.10. The normalized spacial score (nSPS) is 10.1. The molecule has 0 fully saturated rings. The lowest BCUT2D eigenvalue weighted by molar-refractivity contribution is 0.0954. The molecule has 0 unspecified atom stereocenters. The number of carbonyl (C=O) groups excluding carboxylic acids is 1. The molecule has 0 radical (unpaired) electrons. The fraction of sp³-hybridized carbons (Fsp3) is 0.300. The average molecular weight is 355 g/mol. The minimum Gasteiger partial charge on any atom is -0.352 e. The van der Waals surface area contributed by atoms with Gasteiger partial charge in [0.25, 0.3) is 5.91 Å². The highest BCUT2D eigenvalue weighted by Gasteiger charge is 2.11. The van der Waals surface area contributed by atoms with E-state index in [0.717, 1.165) is 16.2 Å². The largest absolute Gasteiger partial charge is 0.352 e. The lowest BCUT2D eigenvalue weighted by Crippen LogP contribution is -2.24. The first-order chi connectivity index (χ1) is 7.16. The number of amides is 1. The molecule has 2 nitrogen and oxygen atoms in total. The molecule has 1 amide bonds. The molecule has 0 aromatic heterocycles. The molecule has 0 spiro atoms. The van der Waals surface area contributed by atoms with Crippen LogP contribution < -0.4 is 5.32 Å². The number of nitrogens with one attached hydrogen (secondary N) is 1. The Hall–Kier alpha value is -0.0600. The van der Waals surface area contributed by atoms with Gasteiger partial charge < -0.3 is 5.32 Å². The molecule has 0 heterocycles. The molecule has 1 rings (SSSR count). The van der Waals surface area contributed by atoms with Crippen molar-refractivity contribution in [3.8, 4) is 0 Å². The zero-order valence-electron chi connectivity index (χ0n) is 7.90. The summed E-state index contributed by atoms with van der Waals surface area (Å²) in [5, 5.41) is 4.12. The van der Waals surface area contributed by atoms with Crippen LogP contribution in [0.4, 0.5) is 0 Å². The highest BCUT2D eigenvalue weighted by Crippen LogP contribution is 2.25. The van der Waals surface area contributed by atoms with Crippen molar-refractivity contribution in [3.05, 3.63) is 33.3 Å². The third-order valence-electron chi connectivity index (χ3n) is 1.79. The number of rotatable bonds is 4. The van der Waals surface area contributed by atoms with Crippen LogP contribution >= 0.6 is 43.5 Å². The van der Waals surface area contributed by atoms with Crippen LogP contribution in [0.2, 0.25) is 5.02 Å². The van der Waals surface area contributed by atoms with Crippen molar-refractivity contribution < 1.29 is 4.79 Å². The molecule has 0 saturated carbocycles. The van der Waals surface area contributed by atoms with Crippen LogP contribution in [0.1, 0.15) is 16.8 Å². The first kappa shape index (κ1) is 13.0. The minimum atomic E-state index is -0.137. The molecule has 1 N–H and O–H groups in total. The van der Waals surface area contributed by atoms with Gasteiger partial charge in [0.2, 0.25) is 0 Å². The van der Waals surface area contributed by atoms with Crippen molar-refractivity contribution >= 4 is 49.4 Å². The maximum atomic E-state index is 11.7. The Bertz CT molecular complexity index is 357. The second-order valence-corrected chi connectivity index (χ2v) is 4.93. The summed E-state index contributed by atoms with van der Waals surface area (Å²) in [6.45, 7) is 0.646. The topological polar surface area (TPSA) is 29.1 Å². The van der Waals surface area contributed by atoms with Gasteiger partial charge in [-0.1, -0.05) is 33.6 Å². The van der Waals surface area contributed by atoms with E-state index in [-0.39, 0.29) is 5.91 Å². The van der Waals surface area contributed by atoms with Crippen LogP contribution in [0.25, 0.3) is 0 Å². The lowest BCUT2D eigenvalue weighted by atomic mass is 10.2. The zero-order chi connectivity index (χ0) is 11.3. The average Bonchev–Trinajstić information content (AvgIpc) is 2.22. The molecule has 5 heteroatoms. The van der Waals surface area contributed by atoms with Gasteiger partial charge in [0.05, 0.1) is 10.6 Å². The van der Waals surface area contributed by atoms with Crippen molar-refractivity contribution in [3.63, 3.8) is 0 Å². The summed E-state index contributed by atoms with van der Waals surface area (Å²) in [6.07, 6.45) is 0.900. The molecule has 0 aliphatic rings. The number of carbonyl (C=O) groups is 1. The third kappa shape index (κ3) is 3.78. The van der Waals surface area contributed by atoms with Gasteiger partial charge in [-0.05, 0) is 34.5 Å². The molecular weight excluding hydrogens is 345 g/mol. The Labute approximate surface area is 111 Å². The molecule has 0 aliphatic heterocycles. The maximum Gasteiger partial charge on any atom is 0.252 e. The Morgan fingerprint density at radius 2 is 2.20 bits per heavy atom. The van der Waals surface area contributed by atoms with Gasteiger partial charge in [-0.15, -0.1) is 0 Å². The predicted octanol–water partition coefficient (Wildman–Crippen LogP) is 3.62. The van der Waals surface area contributed by atoms with E-state index >= 15 is 0 Å². The summed E-state index contributed by atoms with van der Waals surface area (Å²) in [4.78, 5) is 11.7. The summed E-state index contributed by atoms with van der Waals surface area (Å²) in [5.74, 6) is -0.137. The monoisotopic (exact) mass is 353 g/mol. The summed E-state index contributed by atoms with van der Waals surface area (Å²) >= 11 is 12.6. The van der Waals surface area contributed by atoms with Crippen LogP contribution in [0.5, 0.6) is 0 Å². The maximum absolute atomic E-state index is 11.7. The number of halogens is 3. The van der Waals surface area contributed by atoms with Gasteiger partial charge in [0.15, 0.2) is 0 Å². The summed E-state index contributed by atoms with van der Waals surface area (Å²) in [7, 11) is 0. The van der Waals surface area contributed by atoms with Crippen LogP contribution in [0.15, 0.2) is 22.7 Å². The fourth-order valence-electron chi connectivity index (χ4n) is 1.04. The fourth-order valence-corrected chi connectivity index (χ4v) is 1.90. The van der Waals surface area contributed by atoms with Gasteiger partial charge in [0, 0.05) is 16.3 Å². The Morgan fingerprint density at radius 1 is 1.47 bits per heavy atom. The second-order valence-electron chi connectivity index (χ2n) is 2.90. The van der Waals surface area contributed by atoms with Crippen LogP contribution in [0.3, 0.4) is 0 Å². The van der Waals surface area contributed by atoms with Gasteiger partial charge in [-0.3, -0.25) is 4.79 Å². The summed E-state index contributed by atoms with van der Waals surface area (Å²) < 4.78 is 0.734. The van der Waals surface area contributed by atoms with E-state index in [1.165, 1.54) is 0 Å². The summed E-state index contributed by atoms with van der Waals surface area (Å²) in [5.41, 5.74) is 0.501. The predicted molar refractivity (Wildman–Crippen MR) is 69.9 cm³/mol. The number of hydrogen-bond donors (Lipinski definition) is 1. The highest BCUT2D eigenvalue weighted by atomic mass is 79.9. The molecule has 15 heavy (non-hydrogen) atoms. The van der Waals surface area contributed by atoms with E-state index in [1.807, 2.05) is 0 Å². The Balaban J connectivity index is 2.69. The van der Waals surface area contributed by atoms with Crippen LogP contribution in [-0.4, -0.2) is 17.8 Å². The zero-order valence-corrected chi connectivity index (χ0v) is 11.8. The van der Waals surface area contributed by atoms with Gasteiger partial charge in [0.1, 0.15) is 0 Å². The van der Waals surface area contributed by atoms with E-state index in [2.05, 4.69) is 37.2 Å². The Morgan fingerprint density at radius 3 is 2.87 bits per heavy atom. The van der Waals surface area contributed by atoms with Gasteiger partial charge in [-0.2, -0.15) is 0 Å². The Kier molecular flexibility index (Phi) is 5.64. The van der Waals surface area contributed by atoms with E-state index in [4.69, 9.17) is 11.6 Å². The molecule has 82 valence electrons. The molecule has 1 aromatic carbocycles. The van der Waals surface area contributed by atoms with Crippen molar-refractivity contribution in [2.24, 2.45) is 0 Å². The summed E-state index contributed by atoms with van der Waals surface area (Å²) in [6, 6.07) is 5.30. The van der Waals surface area contributed by atoms with E-state index < -0.39 is 0 Å². The van der Waals surface area contributed by atoms with Crippen LogP contribution in [0, 0.1) is 0 Å². The van der Waals surface area contributed by atoms with Crippen molar-refractivity contribution in [2.45, 2.75) is 6.42 Å². The molecule has 0 atom stereocenters. The molecule has 0 saturated heterocycles. The molecule has 1 aromatic rings. The van der Waals surface area contributed by atoms with E-state index in [9.17, 15) is 4.79 Å². The molecular formula is C10H10Br2ClNO. The van der Waals surface area contributed by atoms with E-state index in [1.54, 1.807) is 18.2 Å². The third-order valence-corrected chi connectivity index (χ3v) is 3.65. The van der Waals surface area contributed by atoms with E-state index in [0.29, 0.717) is 17.1 Å². The molecule has 0 bridgehead atoms. The number of alkyl halides is 1. The lowest BCUT2D eigenvalue weighted by Gasteiger charge is -2.06. The van der Waals surface area contributed by atoms with Crippen molar-refractivity contribution in [1.29, 1.82) is 0 Å². The SMILES string of the molecule is O=C(NCCCBr)c1cccc(Br)c1Cl. The van der Waals surface area contributed by atoms with Gasteiger partial charge in [-0.25, -0.2) is 0 Å². The number of hydrogen-bond acceptors (Lipinski definition) is 1. The standard InChI is InChI=1S/C10H10Br2ClNO/c11-5-2-6-14-10(15)7-3-1-4-8(12)9(7)13/h1,3-4H,2,5-6H2,(H,14,15). The van der Waals surface area contributed by atoms with Crippen molar-refractivity contribution in [1.82, 2.24) is 5.32 Å². The van der Waals surface area contributed by atoms with Gasteiger partial charge >= 0.3 is 0 Å². The van der Waals surface area contributed by atoms with Crippen molar-refractivity contribution in [2.75, 3.05) is 11.9 Å². The quantitative estimate of drug-likeness (QED) is 0.649. The number of benzene rings is 1.